The second-order valence-electron chi connectivity index (χ2n) is 4.67. The van der Waals surface area contributed by atoms with Crippen molar-refractivity contribution >= 4 is 20.2 Å². The van der Waals surface area contributed by atoms with Gasteiger partial charge in [-0.1, -0.05) is 39.0 Å². The summed E-state index contributed by atoms with van der Waals surface area (Å²) in [6.07, 6.45) is 6.64. The van der Waals surface area contributed by atoms with Crippen LogP contribution in [0.2, 0.25) is 0 Å². The predicted octanol–water partition coefficient (Wildman–Crippen LogP) is 1.94. The molecule has 0 aliphatic heterocycles. The Labute approximate surface area is 109 Å². The number of nitrogens with one attached hydrogen (secondary N) is 1. The van der Waals surface area contributed by atoms with E-state index in [9.17, 15) is 4.21 Å². The molecule has 0 bridgehead atoms. The summed E-state index contributed by atoms with van der Waals surface area (Å²) in [5.74, 6) is 1.58. The van der Waals surface area contributed by atoms with Crippen LogP contribution in [0.5, 0.6) is 0 Å². The molecule has 2 N–H and O–H groups in total. The molecule has 0 aromatic heterocycles. The van der Waals surface area contributed by atoms with Crippen LogP contribution in [-0.2, 0) is 24.4 Å². The lowest BCUT2D eigenvalue weighted by Gasteiger charge is -2.22. The Morgan fingerprint density at radius 3 is 2.71 bits per heavy atom. The van der Waals surface area contributed by atoms with Crippen molar-refractivity contribution in [2.75, 3.05) is 19.7 Å². The fourth-order valence-corrected chi connectivity index (χ4v) is 3.08. The normalized spacial score (nSPS) is 22.5. The quantitative estimate of drug-likeness (QED) is 0.666. The van der Waals surface area contributed by atoms with Crippen LogP contribution in [0.3, 0.4) is 0 Å². The molecule has 1 unspecified atom stereocenters. The third-order valence-electron chi connectivity index (χ3n) is 3.51. The van der Waals surface area contributed by atoms with Crippen molar-refractivity contribution in [1.29, 1.82) is 0 Å². The van der Waals surface area contributed by atoms with E-state index in [2.05, 4.69) is 27.6 Å². The molecular weight excluding hydrogens is 258 g/mol. The van der Waals surface area contributed by atoms with Crippen molar-refractivity contribution in [3.05, 3.63) is 0 Å². The molecular formula is C11H23NO3S2. The van der Waals surface area contributed by atoms with Crippen LogP contribution in [0.4, 0.5) is 0 Å². The molecule has 6 heteroatoms. The molecule has 102 valence electrons. The molecule has 2 atom stereocenters. The minimum absolute atomic E-state index is 0.194. The Morgan fingerprint density at radius 2 is 2.18 bits per heavy atom. The Balaban J connectivity index is 2.11. The Bertz CT molecular complexity index is 300. The van der Waals surface area contributed by atoms with Gasteiger partial charge in [0.2, 0.25) is 0 Å². The zero-order valence-corrected chi connectivity index (χ0v) is 12.0. The van der Waals surface area contributed by atoms with E-state index in [1.165, 1.54) is 32.1 Å². The van der Waals surface area contributed by atoms with E-state index in [0.717, 1.165) is 18.4 Å². The summed E-state index contributed by atoms with van der Waals surface area (Å²) in [6.45, 7) is 3.97. The van der Waals surface area contributed by atoms with Gasteiger partial charge in [-0.15, -0.1) is 0 Å². The second kappa shape index (κ2) is 7.63. The van der Waals surface area contributed by atoms with E-state index in [-0.39, 0.29) is 6.61 Å². The molecule has 0 aromatic carbocycles. The van der Waals surface area contributed by atoms with Gasteiger partial charge in [0, 0.05) is 17.7 Å². The van der Waals surface area contributed by atoms with Gasteiger partial charge < -0.3 is 5.32 Å². The Kier molecular flexibility index (Phi) is 6.87. The van der Waals surface area contributed by atoms with Gasteiger partial charge in [-0.25, -0.2) is 0 Å². The van der Waals surface area contributed by atoms with Crippen LogP contribution >= 0.6 is 0 Å². The highest BCUT2D eigenvalue weighted by Crippen LogP contribution is 2.32. The first-order valence-corrected chi connectivity index (χ1v) is 8.72. The van der Waals surface area contributed by atoms with Crippen molar-refractivity contribution in [1.82, 2.24) is 5.32 Å². The lowest BCUT2D eigenvalue weighted by molar-refractivity contribution is 0.279. The fourth-order valence-electron chi connectivity index (χ4n) is 2.58. The maximum atomic E-state index is 10.7. The highest BCUT2D eigenvalue weighted by molar-refractivity contribution is 8.27. The van der Waals surface area contributed by atoms with Crippen molar-refractivity contribution in [3.8, 4) is 0 Å². The molecule has 0 heterocycles. The van der Waals surface area contributed by atoms with E-state index >= 15 is 0 Å². The van der Waals surface area contributed by atoms with Crippen LogP contribution in [0.15, 0.2) is 0 Å². The van der Waals surface area contributed by atoms with Gasteiger partial charge in [0.15, 0.2) is 0 Å². The minimum Gasteiger partial charge on any atom is -0.314 e. The van der Waals surface area contributed by atoms with Crippen LogP contribution in [0.1, 0.15) is 39.0 Å². The number of rotatable bonds is 8. The topological polar surface area (TPSA) is 58.6 Å². The molecule has 0 amide bonds. The fraction of sp³-hybridized carbons (Fsp3) is 1.00. The summed E-state index contributed by atoms with van der Waals surface area (Å²) in [5, 5.41) is 3.28. The molecule has 0 saturated heterocycles. The van der Waals surface area contributed by atoms with E-state index in [0.29, 0.717) is 6.54 Å². The monoisotopic (exact) mass is 281 g/mol. The van der Waals surface area contributed by atoms with Gasteiger partial charge in [-0.05, 0) is 18.4 Å². The van der Waals surface area contributed by atoms with E-state index in [4.69, 9.17) is 4.55 Å². The first kappa shape index (κ1) is 15.3. The van der Waals surface area contributed by atoms with Gasteiger partial charge in [0.25, 0.3) is 9.05 Å². The third kappa shape index (κ3) is 6.67. The number of hydrogen-bond donors (Lipinski definition) is 2. The number of hydrogen-bond acceptors (Lipinski definition) is 4. The van der Waals surface area contributed by atoms with Gasteiger partial charge in [0.05, 0.1) is 6.61 Å². The lowest BCUT2D eigenvalue weighted by atomic mass is 9.89. The van der Waals surface area contributed by atoms with Crippen LogP contribution < -0.4 is 5.32 Å². The molecule has 1 aliphatic carbocycles. The van der Waals surface area contributed by atoms with E-state index < -0.39 is 9.05 Å². The summed E-state index contributed by atoms with van der Waals surface area (Å²) in [6, 6.07) is 0. The van der Waals surface area contributed by atoms with E-state index in [1.807, 2.05) is 0 Å². The van der Waals surface area contributed by atoms with Gasteiger partial charge in [0.1, 0.15) is 0 Å². The summed E-state index contributed by atoms with van der Waals surface area (Å²) >= 11 is 4.23. The van der Waals surface area contributed by atoms with Crippen molar-refractivity contribution < 1.29 is 12.9 Å². The summed E-state index contributed by atoms with van der Waals surface area (Å²) in [4.78, 5) is 0. The standard InChI is InChI=1S/C11H23NO3S2/c1-2-10(11-5-3-4-6-11)9-12-7-8-15-17(13,14)16/h10-12H,2-9H2,1H3,(H,13,14,16)/t10-/m1/s1. The molecule has 1 fully saturated rings. The van der Waals surface area contributed by atoms with Crippen molar-refractivity contribution in [2.45, 2.75) is 39.0 Å². The molecule has 4 nitrogen and oxygen atoms in total. The minimum atomic E-state index is -3.45. The largest absolute Gasteiger partial charge is 0.314 e. The lowest BCUT2D eigenvalue weighted by Crippen LogP contribution is -2.29. The molecule has 0 radical (unpaired) electrons. The Hall–Kier alpha value is 0.250. The Morgan fingerprint density at radius 1 is 1.53 bits per heavy atom. The highest BCUT2D eigenvalue weighted by atomic mass is 32.9. The maximum absolute atomic E-state index is 10.7. The van der Waals surface area contributed by atoms with Crippen LogP contribution in [0, 0.1) is 11.8 Å². The van der Waals surface area contributed by atoms with Crippen LogP contribution in [0.25, 0.3) is 0 Å². The van der Waals surface area contributed by atoms with Gasteiger partial charge >= 0.3 is 0 Å². The highest BCUT2D eigenvalue weighted by Gasteiger charge is 2.22. The van der Waals surface area contributed by atoms with Crippen molar-refractivity contribution in [2.24, 2.45) is 11.8 Å². The molecule has 0 spiro atoms. The van der Waals surface area contributed by atoms with E-state index in [1.54, 1.807) is 0 Å². The summed E-state index contributed by atoms with van der Waals surface area (Å²) < 4.78 is 24.0. The smallest absolute Gasteiger partial charge is 0.266 e. The summed E-state index contributed by atoms with van der Waals surface area (Å²) in [5.41, 5.74) is 0. The molecule has 1 aliphatic rings. The summed E-state index contributed by atoms with van der Waals surface area (Å²) in [7, 11) is -3.45. The average Bonchev–Trinajstić information content (AvgIpc) is 2.75. The molecule has 1 rings (SSSR count). The van der Waals surface area contributed by atoms with Crippen molar-refractivity contribution in [3.63, 3.8) is 0 Å². The predicted molar refractivity (Wildman–Crippen MR) is 72.7 cm³/mol. The molecule has 1 saturated carbocycles. The van der Waals surface area contributed by atoms with Crippen LogP contribution in [-0.4, -0.2) is 28.5 Å². The first-order chi connectivity index (χ1) is 8.03. The zero-order chi connectivity index (χ0) is 12.7. The first-order valence-electron chi connectivity index (χ1n) is 6.35. The molecule has 0 aromatic rings. The van der Waals surface area contributed by atoms with Gasteiger partial charge in [-0.2, -0.15) is 4.21 Å². The molecule has 17 heavy (non-hydrogen) atoms. The second-order valence-corrected chi connectivity index (χ2v) is 7.02. The third-order valence-corrected chi connectivity index (χ3v) is 4.26. The average molecular weight is 281 g/mol. The SMILES string of the molecule is CC[C@H](CNCCOS(=O)(O)=S)C1CCCC1. The zero-order valence-electron chi connectivity index (χ0n) is 10.4. The maximum Gasteiger partial charge on any atom is 0.266 e. The van der Waals surface area contributed by atoms with Gasteiger partial charge in [-0.3, -0.25) is 8.74 Å².